The second-order valence-electron chi connectivity index (χ2n) is 5.45. The maximum Gasteiger partial charge on any atom is 0.322 e. The van der Waals surface area contributed by atoms with Crippen LogP contribution in [-0.4, -0.2) is 23.2 Å². The van der Waals surface area contributed by atoms with Crippen molar-refractivity contribution in [3.8, 4) is 17.2 Å². The predicted octanol–water partition coefficient (Wildman–Crippen LogP) is 3.89. The number of amides is 1. The third kappa shape index (κ3) is 4.16. The number of carbonyl (C=O) groups excluding carboxylic acids is 1. The molecule has 6 nitrogen and oxygen atoms in total. The summed E-state index contributed by atoms with van der Waals surface area (Å²) in [5, 5.41) is 10.9. The van der Waals surface area contributed by atoms with Crippen molar-refractivity contribution in [2.45, 2.75) is 13.3 Å². The first-order valence-electron chi connectivity index (χ1n) is 7.58. The summed E-state index contributed by atoms with van der Waals surface area (Å²) < 4.78 is 10.7. The summed E-state index contributed by atoms with van der Waals surface area (Å²) in [7, 11) is 1.61. The lowest BCUT2D eigenvalue weighted by atomic mass is 10.1. The van der Waals surface area contributed by atoms with Gasteiger partial charge in [-0.05, 0) is 42.3 Å². The summed E-state index contributed by atoms with van der Waals surface area (Å²) >= 11 is 5.94. The number of halogens is 1. The number of aryl methyl sites for hydroxylation is 1. The summed E-state index contributed by atoms with van der Waals surface area (Å²) in [5.41, 5.74) is 2.52. The standard InChI is InChI=1S/C18H16ClN3O3/c1-11-8-12(6-7-15(11)24-2)9-16(23)20-18-22-21-17(25-18)13-4-3-5-14(19)10-13/h3-8,10H,9H2,1-2H3,(H,20,22,23). The molecule has 0 aliphatic carbocycles. The number of methoxy groups -OCH3 is 1. The largest absolute Gasteiger partial charge is 0.496 e. The van der Waals surface area contributed by atoms with E-state index >= 15 is 0 Å². The maximum absolute atomic E-state index is 12.2. The Kier molecular flexibility index (Phi) is 5.00. The van der Waals surface area contributed by atoms with Gasteiger partial charge in [0.05, 0.1) is 13.5 Å². The molecular weight excluding hydrogens is 342 g/mol. The van der Waals surface area contributed by atoms with Crippen LogP contribution in [0.1, 0.15) is 11.1 Å². The average Bonchev–Trinajstić information content (AvgIpc) is 3.03. The lowest BCUT2D eigenvalue weighted by Crippen LogP contribution is -2.14. The fraction of sp³-hybridized carbons (Fsp3) is 0.167. The number of rotatable bonds is 5. The Balaban J connectivity index is 1.66. The van der Waals surface area contributed by atoms with Gasteiger partial charge in [-0.1, -0.05) is 34.9 Å². The minimum absolute atomic E-state index is 0.0465. The first-order chi connectivity index (χ1) is 12.0. The Hall–Kier alpha value is -2.86. The zero-order valence-electron chi connectivity index (χ0n) is 13.7. The molecule has 0 unspecified atom stereocenters. The van der Waals surface area contributed by atoms with Gasteiger partial charge in [0.2, 0.25) is 11.8 Å². The van der Waals surface area contributed by atoms with Crippen molar-refractivity contribution in [2.24, 2.45) is 0 Å². The number of nitrogens with one attached hydrogen (secondary N) is 1. The third-order valence-electron chi connectivity index (χ3n) is 3.57. The van der Waals surface area contributed by atoms with E-state index in [0.29, 0.717) is 10.6 Å². The number of benzene rings is 2. The van der Waals surface area contributed by atoms with Gasteiger partial charge in [-0.3, -0.25) is 10.1 Å². The molecule has 1 heterocycles. The van der Waals surface area contributed by atoms with Gasteiger partial charge >= 0.3 is 6.01 Å². The van der Waals surface area contributed by atoms with Crippen molar-refractivity contribution in [2.75, 3.05) is 12.4 Å². The molecule has 1 aromatic heterocycles. The van der Waals surface area contributed by atoms with Crippen LogP contribution in [0.2, 0.25) is 5.02 Å². The van der Waals surface area contributed by atoms with Crippen LogP contribution in [0.3, 0.4) is 0 Å². The average molecular weight is 358 g/mol. The van der Waals surface area contributed by atoms with Crippen LogP contribution in [0, 0.1) is 6.92 Å². The van der Waals surface area contributed by atoms with Gasteiger partial charge in [0, 0.05) is 10.6 Å². The molecule has 1 amide bonds. The highest BCUT2D eigenvalue weighted by molar-refractivity contribution is 6.30. The molecule has 128 valence electrons. The molecule has 0 atom stereocenters. The van der Waals surface area contributed by atoms with Crippen molar-refractivity contribution >= 4 is 23.5 Å². The molecule has 0 fully saturated rings. The summed E-state index contributed by atoms with van der Waals surface area (Å²) in [5.74, 6) is 0.830. The minimum Gasteiger partial charge on any atom is -0.496 e. The van der Waals surface area contributed by atoms with Crippen LogP contribution in [-0.2, 0) is 11.2 Å². The first kappa shape index (κ1) is 17.0. The van der Waals surface area contributed by atoms with E-state index in [0.717, 1.165) is 16.9 Å². The number of nitrogens with zero attached hydrogens (tertiary/aromatic N) is 2. The van der Waals surface area contributed by atoms with Gasteiger partial charge in [-0.25, -0.2) is 0 Å². The van der Waals surface area contributed by atoms with Crippen LogP contribution in [0.5, 0.6) is 5.75 Å². The smallest absolute Gasteiger partial charge is 0.322 e. The van der Waals surface area contributed by atoms with Crippen LogP contribution in [0.25, 0.3) is 11.5 Å². The van der Waals surface area contributed by atoms with Crippen molar-refractivity contribution < 1.29 is 13.9 Å². The van der Waals surface area contributed by atoms with E-state index in [1.165, 1.54) is 0 Å². The van der Waals surface area contributed by atoms with Crippen LogP contribution < -0.4 is 10.1 Å². The van der Waals surface area contributed by atoms with Crippen molar-refractivity contribution in [3.05, 3.63) is 58.6 Å². The molecule has 0 saturated heterocycles. The Morgan fingerprint density at radius 2 is 2.08 bits per heavy atom. The zero-order valence-corrected chi connectivity index (χ0v) is 14.5. The van der Waals surface area contributed by atoms with Crippen LogP contribution >= 0.6 is 11.6 Å². The Bertz CT molecular complexity index is 908. The van der Waals surface area contributed by atoms with Crippen molar-refractivity contribution in [3.63, 3.8) is 0 Å². The molecular formula is C18H16ClN3O3. The van der Waals surface area contributed by atoms with Crippen molar-refractivity contribution in [1.82, 2.24) is 10.2 Å². The lowest BCUT2D eigenvalue weighted by Gasteiger charge is -2.07. The molecule has 0 radical (unpaired) electrons. The van der Waals surface area contributed by atoms with Gasteiger partial charge in [-0.2, -0.15) is 0 Å². The van der Waals surface area contributed by atoms with Gasteiger partial charge in [0.1, 0.15) is 5.75 Å². The zero-order chi connectivity index (χ0) is 17.8. The number of ether oxygens (including phenoxy) is 1. The van der Waals surface area contributed by atoms with E-state index in [4.69, 9.17) is 20.8 Å². The van der Waals surface area contributed by atoms with Crippen LogP contribution in [0.15, 0.2) is 46.9 Å². The molecule has 1 N–H and O–H groups in total. The summed E-state index contributed by atoms with van der Waals surface area (Å²) in [6.07, 6.45) is 0.194. The Morgan fingerprint density at radius 1 is 1.24 bits per heavy atom. The molecule has 3 rings (SSSR count). The Labute approximate surface area is 149 Å². The third-order valence-corrected chi connectivity index (χ3v) is 3.80. The number of anilines is 1. The minimum atomic E-state index is -0.245. The molecule has 0 aliphatic rings. The topological polar surface area (TPSA) is 77.2 Å². The number of carbonyl (C=O) groups is 1. The molecule has 7 heteroatoms. The van der Waals surface area contributed by atoms with Gasteiger partial charge < -0.3 is 9.15 Å². The molecule has 25 heavy (non-hydrogen) atoms. The van der Waals surface area contributed by atoms with E-state index in [1.807, 2.05) is 25.1 Å². The lowest BCUT2D eigenvalue weighted by molar-refractivity contribution is -0.115. The van der Waals surface area contributed by atoms with E-state index < -0.39 is 0 Å². The fourth-order valence-electron chi connectivity index (χ4n) is 2.41. The van der Waals surface area contributed by atoms with Gasteiger partial charge in [-0.15, -0.1) is 5.10 Å². The van der Waals surface area contributed by atoms with E-state index in [2.05, 4.69) is 15.5 Å². The highest BCUT2D eigenvalue weighted by atomic mass is 35.5. The predicted molar refractivity (Wildman–Crippen MR) is 94.8 cm³/mol. The highest BCUT2D eigenvalue weighted by Gasteiger charge is 2.12. The number of aromatic nitrogens is 2. The Morgan fingerprint density at radius 3 is 2.80 bits per heavy atom. The van der Waals surface area contributed by atoms with E-state index in [-0.39, 0.29) is 24.2 Å². The maximum atomic E-state index is 12.2. The van der Waals surface area contributed by atoms with Gasteiger partial charge in [0.25, 0.3) is 0 Å². The molecule has 0 saturated carbocycles. The molecule has 0 aliphatic heterocycles. The first-order valence-corrected chi connectivity index (χ1v) is 7.96. The second-order valence-corrected chi connectivity index (χ2v) is 5.89. The van der Waals surface area contributed by atoms with Crippen molar-refractivity contribution in [1.29, 1.82) is 0 Å². The van der Waals surface area contributed by atoms with Crippen LogP contribution in [0.4, 0.5) is 6.01 Å². The second kappa shape index (κ2) is 7.36. The normalized spacial score (nSPS) is 10.5. The highest BCUT2D eigenvalue weighted by Crippen LogP contribution is 2.23. The molecule has 2 aromatic carbocycles. The monoisotopic (exact) mass is 357 g/mol. The van der Waals surface area contributed by atoms with E-state index in [9.17, 15) is 4.79 Å². The summed E-state index contributed by atoms with van der Waals surface area (Å²) in [6, 6.07) is 12.7. The quantitative estimate of drug-likeness (QED) is 0.749. The van der Waals surface area contributed by atoms with E-state index in [1.54, 1.807) is 31.4 Å². The number of hydrogen-bond donors (Lipinski definition) is 1. The summed E-state index contributed by atoms with van der Waals surface area (Å²) in [6.45, 7) is 1.93. The fourth-order valence-corrected chi connectivity index (χ4v) is 2.60. The molecule has 3 aromatic rings. The molecule has 0 bridgehead atoms. The SMILES string of the molecule is COc1ccc(CC(=O)Nc2nnc(-c3cccc(Cl)c3)o2)cc1C. The van der Waals surface area contributed by atoms with Gasteiger partial charge in [0.15, 0.2) is 0 Å². The summed E-state index contributed by atoms with van der Waals surface area (Å²) in [4.78, 5) is 12.2. The number of hydrogen-bond acceptors (Lipinski definition) is 5. The molecule has 0 spiro atoms.